The van der Waals surface area contributed by atoms with E-state index in [2.05, 4.69) is 48.5 Å². The van der Waals surface area contributed by atoms with Gasteiger partial charge in [-0.2, -0.15) is 0 Å². The Morgan fingerprint density at radius 3 is 1.17 bits per heavy atom. The summed E-state index contributed by atoms with van der Waals surface area (Å²) in [5, 5.41) is 2.62. The molecule has 2 aromatic carbocycles. The molecule has 0 spiro atoms. The van der Waals surface area contributed by atoms with Crippen LogP contribution in [-0.4, -0.2) is 0 Å². The van der Waals surface area contributed by atoms with Crippen molar-refractivity contribution in [1.29, 1.82) is 0 Å². The Balaban J connectivity index is 0.000000336. The lowest BCUT2D eigenvalue weighted by molar-refractivity contribution is 0.607. The van der Waals surface area contributed by atoms with Crippen LogP contribution in [0.25, 0.3) is 10.8 Å². The van der Waals surface area contributed by atoms with Crippen molar-refractivity contribution in [3.8, 4) is 0 Å². The molecular weight excluding hydrogens is 167 g/mol. The van der Waals surface area contributed by atoms with Gasteiger partial charge in [0.05, 0.1) is 0 Å². The van der Waals surface area contributed by atoms with Crippen LogP contribution in [0, 0.1) is 0 Å². The molecule has 2 aromatic rings. The van der Waals surface area contributed by atoms with Gasteiger partial charge in [-0.3, -0.25) is 0 Å². The van der Waals surface area contributed by atoms with Crippen molar-refractivity contribution in [2.45, 2.75) is 0 Å². The molecule has 0 fully saturated rings. The minimum atomic E-state index is 1.17. The van der Waals surface area contributed by atoms with E-state index in [0.29, 0.717) is 0 Å². The van der Waals surface area contributed by atoms with Crippen LogP contribution < -0.4 is 0 Å². The number of fused-ring (bicyclic) bond motifs is 1. The summed E-state index contributed by atoms with van der Waals surface area (Å²) < 4.78 is 8.17. The number of benzene rings is 2. The van der Waals surface area contributed by atoms with Crippen molar-refractivity contribution in [2.75, 3.05) is 0 Å². The molecule has 12 heavy (non-hydrogen) atoms. The van der Waals surface area contributed by atoms with Crippen LogP contribution in [0.3, 0.4) is 0 Å². The summed E-state index contributed by atoms with van der Waals surface area (Å²) in [6, 6.07) is 16.7. The van der Waals surface area contributed by atoms with Gasteiger partial charge in [-0.15, -0.1) is 0 Å². The molecule has 1 atom stereocenters. The van der Waals surface area contributed by atoms with Crippen molar-refractivity contribution in [1.82, 2.24) is 0 Å². The van der Waals surface area contributed by atoms with E-state index in [0.717, 1.165) is 0 Å². The summed E-state index contributed by atoms with van der Waals surface area (Å²) in [5.41, 5.74) is 0. The highest BCUT2D eigenvalue weighted by atomic mass is 31.0. The van der Waals surface area contributed by atoms with Crippen LogP contribution in [0.2, 0.25) is 0 Å². The normalized spacial score (nSPS) is 8.67. The van der Waals surface area contributed by atoms with Crippen LogP contribution in [0.1, 0.15) is 0 Å². The minimum Gasteiger partial charge on any atom is -0.0801 e. The maximum Gasteiger partial charge on any atom is 0.310 e. The number of rotatable bonds is 0. The largest absolute Gasteiger partial charge is 0.310 e. The third-order valence-corrected chi connectivity index (χ3v) is 1.66. The Morgan fingerprint density at radius 1 is 0.667 bits per heavy atom. The van der Waals surface area contributed by atoms with E-state index < -0.39 is 0 Å². The predicted octanol–water partition coefficient (Wildman–Crippen LogP) is 3.05. The van der Waals surface area contributed by atoms with Gasteiger partial charge in [-0.25, -0.2) is 0 Å². The second kappa shape index (κ2) is 4.63. The topological polar surface area (TPSA) is 17.1 Å². The minimum absolute atomic E-state index is 1.17. The SMILES string of the molecule is O=[PH2+].c1ccc2ccccc2c1. The van der Waals surface area contributed by atoms with Crippen LogP contribution in [-0.2, 0) is 4.57 Å². The van der Waals surface area contributed by atoms with Gasteiger partial charge in [0.15, 0.2) is 0 Å². The predicted molar refractivity (Wildman–Crippen MR) is 54.3 cm³/mol. The van der Waals surface area contributed by atoms with Crippen LogP contribution in [0.4, 0.5) is 0 Å². The lowest BCUT2D eigenvalue weighted by Crippen LogP contribution is -1.67. The number of hydrogen-bond donors (Lipinski definition) is 0. The molecular formula is C10H10OP+. The van der Waals surface area contributed by atoms with Gasteiger partial charge in [-0.1, -0.05) is 53.1 Å². The van der Waals surface area contributed by atoms with Crippen molar-refractivity contribution in [3.63, 3.8) is 0 Å². The summed E-state index contributed by atoms with van der Waals surface area (Å²) >= 11 is 0. The molecule has 0 amide bonds. The fourth-order valence-electron chi connectivity index (χ4n) is 1.13. The summed E-state index contributed by atoms with van der Waals surface area (Å²) in [6.45, 7) is 0. The molecule has 0 bridgehead atoms. The average Bonchev–Trinajstić information content (AvgIpc) is 2.21. The molecule has 2 heteroatoms. The van der Waals surface area contributed by atoms with E-state index >= 15 is 0 Å². The van der Waals surface area contributed by atoms with E-state index in [1.165, 1.54) is 19.9 Å². The molecule has 2 rings (SSSR count). The fourth-order valence-corrected chi connectivity index (χ4v) is 1.13. The molecule has 60 valence electrons. The molecule has 0 aliphatic rings. The van der Waals surface area contributed by atoms with E-state index in [4.69, 9.17) is 4.57 Å². The third-order valence-electron chi connectivity index (χ3n) is 1.66. The van der Waals surface area contributed by atoms with Gasteiger partial charge in [-0.05, 0) is 10.8 Å². The van der Waals surface area contributed by atoms with Crippen molar-refractivity contribution >= 4 is 19.9 Å². The molecule has 1 unspecified atom stereocenters. The van der Waals surface area contributed by atoms with Gasteiger partial charge < -0.3 is 0 Å². The first-order valence-corrected chi connectivity index (χ1v) is 4.11. The van der Waals surface area contributed by atoms with Crippen LogP contribution in [0.5, 0.6) is 0 Å². The van der Waals surface area contributed by atoms with Gasteiger partial charge in [0.25, 0.3) is 0 Å². The first-order chi connectivity index (χ1) is 5.97. The molecule has 0 aromatic heterocycles. The highest BCUT2D eigenvalue weighted by molar-refractivity contribution is 7.00. The van der Waals surface area contributed by atoms with Gasteiger partial charge in [0.2, 0.25) is 0 Å². The van der Waals surface area contributed by atoms with E-state index in [1.54, 1.807) is 0 Å². The first-order valence-electron chi connectivity index (χ1n) is 3.64. The maximum atomic E-state index is 8.17. The molecule has 0 saturated heterocycles. The highest BCUT2D eigenvalue weighted by Gasteiger charge is 1.85. The third kappa shape index (κ3) is 1.90. The second-order valence-corrected chi connectivity index (χ2v) is 2.35. The Kier molecular flexibility index (Phi) is 3.43. The zero-order chi connectivity index (χ0) is 8.81. The zero-order valence-corrected chi connectivity index (χ0v) is 7.76. The van der Waals surface area contributed by atoms with E-state index in [1.807, 2.05) is 0 Å². The average molecular weight is 177 g/mol. The monoisotopic (exact) mass is 177 g/mol. The summed E-state index contributed by atoms with van der Waals surface area (Å²) in [7, 11) is 1.17. The molecule has 0 N–H and O–H groups in total. The molecule has 0 saturated carbocycles. The first kappa shape index (κ1) is 8.89. The lowest BCUT2D eigenvalue weighted by Gasteiger charge is -1.92. The summed E-state index contributed by atoms with van der Waals surface area (Å²) in [6.07, 6.45) is 0. The zero-order valence-electron chi connectivity index (χ0n) is 6.60. The molecule has 0 aliphatic heterocycles. The van der Waals surface area contributed by atoms with Crippen molar-refractivity contribution in [3.05, 3.63) is 48.5 Å². The van der Waals surface area contributed by atoms with Crippen LogP contribution >= 0.6 is 9.12 Å². The number of hydrogen-bond acceptors (Lipinski definition) is 1. The molecule has 0 aliphatic carbocycles. The Morgan fingerprint density at radius 2 is 0.917 bits per heavy atom. The van der Waals surface area contributed by atoms with E-state index in [9.17, 15) is 0 Å². The van der Waals surface area contributed by atoms with Gasteiger partial charge >= 0.3 is 9.12 Å². The quantitative estimate of drug-likeness (QED) is 0.565. The smallest absolute Gasteiger partial charge is 0.0801 e. The van der Waals surface area contributed by atoms with Crippen molar-refractivity contribution in [2.24, 2.45) is 0 Å². The lowest BCUT2D eigenvalue weighted by atomic mass is 10.1. The standard InChI is InChI=1S/C10H8.H2OP/c1-2-6-10-8-4-3-7-9(10)5-1;1-2/h1-8H;2H2/q;+1. The molecule has 0 radical (unpaired) electrons. The summed E-state index contributed by atoms with van der Waals surface area (Å²) in [5.74, 6) is 0. The van der Waals surface area contributed by atoms with Gasteiger partial charge in [0.1, 0.15) is 0 Å². The molecule has 1 nitrogen and oxygen atoms in total. The maximum absolute atomic E-state index is 8.17. The fraction of sp³-hybridized carbons (Fsp3) is 0. The Hall–Kier alpha value is -1.20. The highest BCUT2D eigenvalue weighted by Crippen LogP contribution is 2.11. The molecule has 0 heterocycles. The van der Waals surface area contributed by atoms with E-state index in [-0.39, 0.29) is 0 Å². The van der Waals surface area contributed by atoms with Gasteiger partial charge in [0, 0.05) is 0 Å². The Bertz CT molecular complexity index is 294. The van der Waals surface area contributed by atoms with Crippen LogP contribution in [0.15, 0.2) is 48.5 Å². The van der Waals surface area contributed by atoms with Crippen molar-refractivity contribution < 1.29 is 4.57 Å². The summed E-state index contributed by atoms with van der Waals surface area (Å²) in [4.78, 5) is 0. The second-order valence-electron chi connectivity index (χ2n) is 2.35. The Labute approximate surface area is 73.7 Å².